The summed E-state index contributed by atoms with van der Waals surface area (Å²) in [7, 11) is 0. The van der Waals surface area contributed by atoms with Gasteiger partial charge in [-0.3, -0.25) is 15.0 Å². The molecule has 1 heterocycles. The summed E-state index contributed by atoms with van der Waals surface area (Å²) in [6.07, 6.45) is 3.32. The summed E-state index contributed by atoms with van der Waals surface area (Å²) >= 11 is 0. The Balaban J connectivity index is 0.00000242. The molecule has 8 heteroatoms. The van der Waals surface area contributed by atoms with Crippen molar-refractivity contribution in [2.24, 2.45) is 0 Å². The highest BCUT2D eigenvalue weighted by Gasteiger charge is 2.28. The molecule has 23 heavy (non-hydrogen) atoms. The van der Waals surface area contributed by atoms with Crippen molar-refractivity contribution in [3.8, 4) is 0 Å². The first-order chi connectivity index (χ1) is 10.1. The van der Waals surface area contributed by atoms with Crippen LogP contribution in [0.25, 0.3) is 0 Å². The summed E-state index contributed by atoms with van der Waals surface area (Å²) in [6, 6.07) is 3.78. The monoisotopic (exact) mass is 365 g/mol. The third kappa shape index (κ3) is 5.73. The number of nitrogens with zero attached hydrogens (tertiary/aromatic N) is 2. The van der Waals surface area contributed by atoms with E-state index in [9.17, 15) is 14.5 Å². The van der Waals surface area contributed by atoms with E-state index in [0.717, 1.165) is 45.1 Å². The first-order valence-electron chi connectivity index (χ1n) is 7.13. The van der Waals surface area contributed by atoms with Crippen LogP contribution in [0.5, 0.6) is 0 Å². The van der Waals surface area contributed by atoms with Crippen molar-refractivity contribution in [1.29, 1.82) is 0 Å². The molecule has 1 N–H and O–H groups in total. The molecule has 5 nitrogen and oxygen atoms in total. The van der Waals surface area contributed by atoms with Crippen molar-refractivity contribution in [2.45, 2.75) is 18.9 Å². The van der Waals surface area contributed by atoms with E-state index < -0.39 is 10.7 Å². The second-order valence-corrected chi connectivity index (χ2v) is 5.13. The van der Waals surface area contributed by atoms with Gasteiger partial charge in [0.2, 0.25) is 0 Å². The third-order valence-corrected chi connectivity index (χ3v) is 3.78. The molecular formula is C15H22Cl2FN3O2. The van der Waals surface area contributed by atoms with Crippen LogP contribution in [0.1, 0.15) is 24.4 Å². The zero-order valence-electron chi connectivity index (χ0n) is 12.7. The Morgan fingerprint density at radius 1 is 1.39 bits per heavy atom. The van der Waals surface area contributed by atoms with Crippen LogP contribution in [0.15, 0.2) is 30.9 Å². The second kappa shape index (κ2) is 10.5. The average Bonchev–Trinajstić information content (AvgIpc) is 2.49. The highest BCUT2D eigenvalue weighted by atomic mass is 35.5. The Kier molecular flexibility index (Phi) is 9.99. The van der Waals surface area contributed by atoms with Crippen molar-refractivity contribution < 1.29 is 9.31 Å². The van der Waals surface area contributed by atoms with Gasteiger partial charge >= 0.3 is 0 Å². The molecule has 1 fully saturated rings. The molecule has 0 aliphatic carbocycles. The van der Waals surface area contributed by atoms with Gasteiger partial charge in [0.05, 0.1) is 11.0 Å². The van der Waals surface area contributed by atoms with Crippen LogP contribution in [-0.4, -0.2) is 36.0 Å². The standard InChI is InChI=1S/C15H20FN3O2.2ClH/c1-2-3-4-14(18-9-7-17-8-10-18)13-6-5-12(16)11-15(13)19(20)21;;/h2,5-6,11,14,17H,1,3-4,7-10H2;2*1H/t14-;;/m1../s1. The summed E-state index contributed by atoms with van der Waals surface area (Å²) in [4.78, 5) is 12.9. The molecule has 1 aromatic carbocycles. The molecule has 0 bridgehead atoms. The van der Waals surface area contributed by atoms with Crippen molar-refractivity contribution in [2.75, 3.05) is 26.2 Å². The van der Waals surface area contributed by atoms with E-state index in [1.54, 1.807) is 6.07 Å². The maximum atomic E-state index is 13.3. The lowest BCUT2D eigenvalue weighted by Gasteiger charge is -2.35. The lowest BCUT2D eigenvalue weighted by atomic mass is 9.97. The molecule has 1 atom stereocenters. The number of piperazine rings is 1. The Morgan fingerprint density at radius 3 is 2.61 bits per heavy atom. The third-order valence-electron chi connectivity index (χ3n) is 3.78. The summed E-state index contributed by atoms with van der Waals surface area (Å²) in [5, 5.41) is 14.5. The van der Waals surface area contributed by atoms with Crippen LogP contribution >= 0.6 is 24.8 Å². The molecular weight excluding hydrogens is 344 g/mol. The van der Waals surface area contributed by atoms with Crippen molar-refractivity contribution >= 4 is 30.5 Å². The highest BCUT2D eigenvalue weighted by Crippen LogP contribution is 2.33. The minimum Gasteiger partial charge on any atom is -0.314 e. The van der Waals surface area contributed by atoms with Crippen LogP contribution in [0.4, 0.5) is 10.1 Å². The van der Waals surface area contributed by atoms with Gasteiger partial charge in [-0.2, -0.15) is 0 Å². The quantitative estimate of drug-likeness (QED) is 0.476. The molecule has 0 aromatic heterocycles. The fraction of sp³-hybridized carbons (Fsp3) is 0.467. The molecule has 130 valence electrons. The zero-order valence-corrected chi connectivity index (χ0v) is 14.4. The minimum absolute atomic E-state index is 0. The zero-order chi connectivity index (χ0) is 15.2. The lowest BCUT2D eigenvalue weighted by molar-refractivity contribution is -0.386. The maximum Gasteiger partial charge on any atom is 0.277 e. The fourth-order valence-corrected chi connectivity index (χ4v) is 2.76. The normalized spacial score (nSPS) is 15.9. The fourth-order valence-electron chi connectivity index (χ4n) is 2.76. The van der Waals surface area contributed by atoms with E-state index in [1.165, 1.54) is 6.07 Å². The average molecular weight is 366 g/mol. The van der Waals surface area contributed by atoms with E-state index in [0.29, 0.717) is 5.56 Å². The highest BCUT2D eigenvalue weighted by molar-refractivity contribution is 5.85. The van der Waals surface area contributed by atoms with E-state index >= 15 is 0 Å². The van der Waals surface area contributed by atoms with Gasteiger partial charge in [0.15, 0.2) is 0 Å². The summed E-state index contributed by atoms with van der Waals surface area (Å²) in [5.41, 5.74) is 0.452. The molecule has 0 spiro atoms. The molecule has 2 rings (SSSR count). The van der Waals surface area contributed by atoms with Crippen molar-refractivity contribution in [1.82, 2.24) is 10.2 Å². The minimum atomic E-state index is -0.576. The van der Waals surface area contributed by atoms with Crippen LogP contribution in [0.2, 0.25) is 0 Å². The van der Waals surface area contributed by atoms with Gasteiger partial charge in [-0.15, -0.1) is 31.4 Å². The number of nitro benzene ring substituents is 1. The number of hydrogen-bond acceptors (Lipinski definition) is 4. The molecule has 1 aliphatic rings. The van der Waals surface area contributed by atoms with Crippen LogP contribution in [0.3, 0.4) is 0 Å². The smallest absolute Gasteiger partial charge is 0.277 e. The van der Waals surface area contributed by atoms with Gasteiger partial charge in [0.25, 0.3) is 5.69 Å². The van der Waals surface area contributed by atoms with Gasteiger partial charge in [0.1, 0.15) is 5.82 Å². The van der Waals surface area contributed by atoms with E-state index in [1.807, 2.05) is 6.08 Å². The molecule has 1 aromatic rings. The van der Waals surface area contributed by atoms with E-state index in [-0.39, 0.29) is 36.5 Å². The Labute approximate surface area is 147 Å². The summed E-state index contributed by atoms with van der Waals surface area (Å²) in [6.45, 7) is 7.10. The SMILES string of the molecule is C=CCC[C@H](c1ccc(F)cc1[N+](=O)[O-])N1CCNCC1.Cl.Cl. The van der Waals surface area contributed by atoms with E-state index in [4.69, 9.17) is 0 Å². The topological polar surface area (TPSA) is 58.4 Å². The Bertz CT molecular complexity index is 525. The Morgan fingerprint density at radius 2 is 2.04 bits per heavy atom. The van der Waals surface area contributed by atoms with Gasteiger partial charge in [-0.05, 0) is 25.0 Å². The van der Waals surface area contributed by atoms with Crippen molar-refractivity contribution in [3.63, 3.8) is 0 Å². The van der Waals surface area contributed by atoms with E-state index in [2.05, 4.69) is 16.8 Å². The Hall–Kier alpha value is -1.21. The number of benzene rings is 1. The van der Waals surface area contributed by atoms with Crippen LogP contribution < -0.4 is 5.32 Å². The molecule has 0 saturated carbocycles. The molecule has 0 radical (unpaired) electrons. The number of hydrogen-bond donors (Lipinski definition) is 1. The summed E-state index contributed by atoms with van der Waals surface area (Å²) in [5.74, 6) is -0.576. The van der Waals surface area contributed by atoms with Gasteiger partial charge in [-0.25, -0.2) is 4.39 Å². The number of nitro groups is 1. The molecule has 0 unspecified atom stereocenters. The number of allylic oxidation sites excluding steroid dienone is 1. The van der Waals surface area contributed by atoms with Gasteiger partial charge in [-0.1, -0.05) is 6.08 Å². The van der Waals surface area contributed by atoms with Crippen LogP contribution in [0, 0.1) is 15.9 Å². The predicted molar refractivity (Wildman–Crippen MR) is 94.2 cm³/mol. The lowest BCUT2D eigenvalue weighted by Crippen LogP contribution is -2.45. The first-order valence-corrected chi connectivity index (χ1v) is 7.13. The molecule has 1 aliphatic heterocycles. The first kappa shape index (κ1) is 21.8. The largest absolute Gasteiger partial charge is 0.314 e. The maximum absolute atomic E-state index is 13.3. The predicted octanol–water partition coefficient (Wildman–Crippen LogP) is 3.49. The van der Waals surface area contributed by atoms with Crippen molar-refractivity contribution in [3.05, 3.63) is 52.3 Å². The molecule has 1 saturated heterocycles. The van der Waals surface area contributed by atoms with Gasteiger partial charge < -0.3 is 5.32 Å². The number of nitrogens with one attached hydrogen (secondary N) is 1. The van der Waals surface area contributed by atoms with Crippen LogP contribution in [-0.2, 0) is 0 Å². The second-order valence-electron chi connectivity index (χ2n) is 5.13. The number of halogens is 3. The number of rotatable bonds is 6. The summed E-state index contributed by atoms with van der Waals surface area (Å²) < 4.78 is 13.3. The van der Waals surface area contributed by atoms with Gasteiger partial charge in [0, 0.05) is 37.8 Å². The molecule has 0 amide bonds.